The average molecular weight is 279 g/mol. The van der Waals surface area contributed by atoms with Crippen LogP contribution in [0, 0.1) is 0 Å². The van der Waals surface area contributed by atoms with Gasteiger partial charge in [0.1, 0.15) is 0 Å². The summed E-state index contributed by atoms with van der Waals surface area (Å²) < 4.78 is 2.73. The number of ketones is 1. The molecule has 3 nitrogen and oxygen atoms in total. The molecule has 4 heteroatoms. The molecule has 0 aliphatic rings. The zero-order chi connectivity index (χ0) is 11.5. The molecule has 0 saturated heterocycles. The number of carbonyl (C=O) groups is 1. The van der Waals surface area contributed by atoms with Gasteiger partial charge in [0.2, 0.25) is 5.78 Å². The average Bonchev–Trinajstić information content (AvgIpc) is 2.76. The highest BCUT2D eigenvalue weighted by atomic mass is 79.9. The number of hydrogen-bond acceptors (Lipinski definition) is 2. The molecule has 0 N–H and O–H groups in total. The first kappa shape index (κ1) is 11.1. The fourth-order valence-electron chi connectivity index (χ4n) is 1.53. The van der Waals surface area contributed by atoms with Crippen molar-refractivity contribution in [1.29, 1.82) is 0 Å². The Labute approximate surface area is 102 Å². The number of aromatic nitrogens is 2. The van der Waals surface area contributed by atoms with Crippen LogP contribution < -0.4 is 0 Å². The molecule has 0 fully saturated rings. The largest absolute Gasteiger partial charge is 0.328 e. The molecule has 82 valence electrons. The predicted octanol–water partition coefficient (Wildman–Crippen LogP) is 2.90. The van der Waals surface area contributed by atoms with Gasteiger partial charge in [-0.15, -0.1) is 0 Å². The summed E-state index contributed by atoms with van der Waals surface area (Å²) in [5.74, 6) is 0.439. The van der Waals surface area contributed by atoms with Gasteiger partial charge in [-0.3, -0.25) is 4.79 Å². The minimum atomic E-state index is -0.0480. The number of rotatable bonds is 3. The van der Waals surface area contributed by atoms with Crippen molar-refractivity contribution in [1.82, 2.24) is 9.55 Å². The van der Waals surface area contributed by atoms with Crippen LogP contribution in [0.5, 0.6) is 0 Å². The quantitative estimate of drug-likeness (QED) is 0.810. The van der Waals surface area contributed by atoms with E-state index in [0.717, 1.165) is 11.0 Å². The molecule has 2 rings (SSSR count). The summed E-state index contributed by atoms with van der Waals surface area (Å²) in [7, 11) is 0. The van der Waals surface area contributed by atoms with Gasteiger partial charge in [-0.1, -0.05) is 28.1 Å². The summed E-state index contributed by atoms with van der Waals surface area (Å²) in [5.41, 5.74) is 0.648. The molecular weight excluding hydrogens is 268 g/mol. The predicted molar refractivity (Wildman–Crippen MR) is 65.5 cm³/mol. The molecule has 0 unspecified atom stereocenters. The zero-order valence-electron chi connectivity index (χ0n) is 8.85. The smallest absolute Gasteiger partial charge is 0.228 e. The number of carbonyl (C=O) groups excluding carboxylic acids is 1. The van der Waals surface area contributed by atoms with Crippen LogP contribution in [0.2, 0.25) is 0 Å². The zero-order valence-corrected chi connectivity index (χ0v) is 10.4. The Morgan fingerprint density at radius 3 is 3.00 bits per heavy atom. The van der Waals surface area contributed by atoms with E-state index in [-0.39, 0.29) is 5.78 Å². The summed E-state index contributed by atoms with van der Waals surface area (Å²) in [5, 5.41) is 0. The van der Waals surface area contributed by atoms with Crippen LogP contribution in [0.4, 0.5) is 0 Å². The Balaban J connectivity index is 2.39. The molecular formula is C12H11BrN2O. The van der Waals surface area contributed by atoms with Crippen molar-refractivity contribution in [2.24, 2.45) is 0 Å². The van der Waals surface area contributed by atoms with Gasteiger partial charge in [0.15, 0.2) is 5.82 Å². The van der Waals surface area contributed by atoms with Crippen LogP contribution in [0.3, 0.4) is 0 Å². The molecule has 0 atom stereocenters. The number of halogens is 1. The molecule has 16 heavy (non-hydrogen) atoms. The Morgan fingerprint density at radius 1 is 1.50 bits per heavy atom. The van der Waals surface area contributed by atoms with Crippen LogP contribution >= 0.6 is 15.9 Å². The summed E-state index contributed by atoms with van der Waals surface area (Å²) in [4.78, 5) is 16.2. The highest BCUT2D eigenvalue weighted by molar-refractivity contribution is 9.10. The molecule has 2 aromatic rings. The normalized spacial score (nSPS) is 10.4. The monoisotopic (exact) mass is 278 g/mol. The van der Waals surface area contributed by atoms with E-state index >= 15 is 0 Å². The molecule has 0 spiro atoms. The van der Waals surface area contributed by atoms with E-state index in [1.54, 1.807) is 18.3 Å². The summed E-state index contributed by atoms with van der Waals surface area (Å²) in [6, 6.07) is 7.33. The number of imidazole rings is 1. The highest BCUT2D eigenvalue weighted by Gasteiger charge is 2.14. The van der Waals surface area contributed by atoms with Gasteiger partial charge in [0, 0.05) is 29.0 Å². The summed E-state index contributed by atoms with van der Waals surface area (Å²) >= 11 is 3.35. The van der Waals surface area contributed by atoms with E-state index in [9.17, 15) is 4.79 Å². The fourth-order valence-corrected chi connectivity index (χ4v) is 1.93. The Bertz CT molecular complexity index is 519. The maximum Gasteiger partial charge on any atom is 0.228 e. The second kappa shape index (κ2) is 4.61. The Kier molecular flexibility index (Phi) is 3.19. The SMILES string of the molecule is CCn1ccnc1C(=O)c1cccc(Br)c1. The molecule has 1 heterocycles. The van der Waals surface area contributed by atoms with Gasteiger partial charge >= 0.3 is 0 Å². The van der Waals surface area contributed by atoms with Crippen LogP contribution in [0.15, 0.2) is 41.1 Å². The van der Waals surface area contributed by atoms with Crippen molar-refractivity contribution in [2.75, 3.05) is 0 Å². The second-order valence-electron chi connectivity index (χ2n) is 3.38. The summed E-state index contributed by atoms with van der Waals surface area (Å²) in [6.45, 7) is 2.73. The highest BCUT2D eigenvalue weighted by Crippen LogP contribution is 2.14. The lowest BCUT2D eigenvalue weighted by Crippen LogP contribution is -2.10. The first-order valence-corrected chi connectivity index (χ1v) is 5.83. The standard InChI is InChI=1S/C12H11BrN2O/c1-2-15-7-6-14-12(15)11(16)9-4-3-5-10(13)8-9/h3-8H,2H2,1H3. The van der Waals surface area contributed by atoms with E-state index in [1.165, 1.54) is 0 Å². The van der Waals surface area contributed by atoms with Gasteiger partial charge in [-0.2, -0.15) is 0 Å². The lowest BCUT2D eigenvalue weighted by molar-refractivity contribution is 0.102. The van der Waals surface area contributed by atoms with Crippen molar-refractivity contribution >= 4 is 21.7 Å². The van der Waals surface area contributed by atoms with Crippen molar-refractivity contribution in [3.8, 4) is 0 Å². The molecule has 0 amide bonds. The van der Waals surface area contributed by atoms with Crippen molar-refractivity contribution in [3.63, 3.8) is 0 Å². The Hall–Kier alpha value is -1.42. The van der Waals surface area contributed by atoms with Crippen LogP contribution in [-0.4, -0.2) is 15.3 Å². The van der Waals surface area contributed by atoms with E-state index in [2.05, 4.69) is 20.9 Å². The first-order valence-electron chi connectivity index (χ1n) is 5.03. The van der Waals surface area contributed by atoms with Gasteiger partial charge in [0.25, 0.3) is 0 Å². The van der Waals surface area contributed by atoms with Crippen LogP contribution in [0.1, 0.15) is 23.1 Å². The third-order valence-corrected chi connectivity index (χ3v) is 2.84. The third kappa shape index (κ3) is 2.07. The summed E-state index contributed by atoms with van der Waals surface area (Å²) in [6.07, 6.45) is 3.46. The second-order valence-corrected chi connectivity index (χ2v) is 4.29. The van der Waals surface area contributed by atoms with E-state index < -0.39 is 0 Å². The van der Waals surface area contributed by atoms with Gasteiger partial charge in [-0.25, -0.2) is 4.98 Å². The fraction of sp³-hybridized carbons (Fsp3) is 0.167. The van der Waals surface area contributed by atoms with Crippen LogP contribution in [0.25, 0.3) is 0 Å². The molecule has 1 aromatic heterocycles. The topological polar surface area (TPSA) is 34.9 Å². The van der Waals surface area contributed by atoms with E-state index in [1.807, 2.05) is 29.8 Å². The number of benzene rings is 1. The van der Waals surface area contributed by atoms with E-state index in [0.29, 0.717) is 11.4 Å². The number of nitrogens with zero attached hydrogens (tertiary/aromatic N) is 2. The third-order valence-electron chi connectivity index (χ3n) is 2.35. The molecule has 0 bridgehead atoms. The minimum absolute atomic E-state index is 0.0480. The van der Waals surface area contributed by atoms with Crippen molar-refractivity contribution in [2.45, 2.75) is 13.5 Å². The maximum absolute atomic E-state index is 12.1. The first-order chi connectivity index (χ1) is 7.72. The van der Waals surface area contributed by atoms with Gasteiger partial charge < -0.3 is 4.57 Å². The van der Waals surface area contributed by atoms with Gasteiger partial charge in [-0.05, 0) is 19.1 Å². The van der Waals surface area contributed by atoms with Crippen LogP contribution in [-0.2, 0) is 6.54 Å². The maximum atomic E-state index is 12.1. The van der Waals surface area contributed by atoms with E-state index in [4.69, 9.17) is 0 Å². The molecule has 1 aromatic carbocycles. The molecule has 0 radical (unpaired) electrons. The number of hydrogen-bond donors (Lipinski definition) is 0. The van der Waals surface area contributed by atoms with Crippen molar-refractivity contribution < 1.29 is 4.79 Å². The molecule has 0 aliphatic heterocycles. The molecule has 0 aliphatic carbocycles. The number of aryl methyl sites for hydroxylation is 1. The minimum Gasteiger partial charge on any atom is -0.328 e. The Morgan fingerprint density at radius 2 is 2.31 bits per heavy atom. The lowest BCUT2D eigenvalue weighted by atomic mass is 10.1. The molecule has 0 saturated carbocycles. The van der Waals surface area contributed by atoms with Crippen molar-refractivity contribution in [3.05, 3.63) is 52.5 Å². The lowest BCUT2D eigenvalue weighted by Gasteiger charge is -2.03. The van der Waals surface area contributed by atoms with Gasteiger partial charge in [0.05, 0.1) is 0 Å².